The molecule has 1 N–H and O–H groups in total. The highest BCUT2D eigenvalue weighted by molar-refractivity contribution is 5.26. The molecule has 0 spiro atoms. The number of hydrogen-bond donors (Lipinski definition) is 1. The van der Waals surface area contributed by atoms with Gasteiger partial charge in [0.2, 0.25) is 0 Å². The summed E-state index contributed by atoms with van der Waals surface area (Å²) in [6.45, 7) is 2.69. The van der Waals surface area contributed by atoms with E-state index in [1.165, 1.54) is 6.07 Å². The molecule has 2 atom stereocenters. The van der Waals surface area contributed by atoms with Crippen LogP contribution >= 0.6 is 0 Å². The maximum absolute atomic E-state index is 13.1. The minimum absolute atomic E-state index is 0.219. The smallest absolute Gasteiger partial charge is 0.123 e. The number of rotatable bonds is 1. The minimum Gasteiger partial charge on any atom is -0.392 e. The van der Waals surface area contributed by atoms with Gasteiger partial charge in [-0.2, -0.15) is 0 Å². The maximum Gasteiger partial charge on any atom is 0.123 e. The van der Waals surface area contributed by atoms with Gasteiger partial charge in [-0.15, -0.1) is 0 Å². The minimum atomic E-state index is -0.316. The van der Waals surface area contributed by atoms with Crippen molar-refractivity contribution in [1.29, 1.82) is 0 Å². The van der Waals surface area contributed by atoms with Crippen molar-refractivity contribution in [2.75, 3.05) is 13.6 Å². The second-order valence-corrected chi connectivity index (χ2v) is 4.52. The molecule has 1 heterocycles. The Kier molecular flexibility index (Phi) is 2.52. The highest BCUT2D eigenvalue weighted by atomic mass is 19.1. The highest BCUT2D eigenvalue weighted by Crippen LogP contribution is 2.37. The van der Waals surface area contributed by atoms with Gasteiger partial charge in [-0.1, -0.05) is 12.1 Å². The van der Waals surface area contributed by atoms with Crippen LogP contribution < -0.4 is 0 Å². The zero-order valence-corrected chi connectivity index (χ0v) is 9.07. The van der Waals surface area contributed by atoms with Crippen LogP contribution in [0.1, 0.15) is 18.9 Å². The van der Waals surface area contributed by atoms with Gasteiger partial charge in [-0.05, 0) is 38.1 Å². The number of hydrogen-bond acceptors (Lipinski definition) is 2. The summed E-state index contributed by atoms with van der Waals surface area (Å²) in [7, 11) is 1.96. The fourth-order valence-electron chi connectivity index (χ4n) is 2.36. The average molecular weight is 209 g/mol. The maximum atomic E-state index is 13.1. The Labute approximate surface area is 89.3 Å². The second kappa shape index (κ2) is 3.58. The molecule has 0 saturated carbocycles. The second-order valence-electron chi connectivity index (χ2n) is 4.52. The molecule has 0 amide bonds. The van der Waals surface area contributed by atoms with Crippen LogP contribution in [-0.4, -0.2) is 29.7 Å². The van der Waals surface area contributed by atoms with E-state index >= 15 is 0 Å². The summed E-state index contributed by atoms with van der Waals surface area (Å²) in [6, 6.07) is 6.62. The summed E-state index contributed by atoms with van der Waals surface area (Å²) >= 11 is 0. The monoisotopic (exact) mass is 209 g/mol. The van der Waals surface area contributed by atoms with Gasteiger partial charge >= 0.3 is 0 Å². The standard InChI is InChI=1S/C12H16FNO/c1-12(7-11(15)8-14(12)2)9-4-3-5-10(13)6-9/h3-6,11,15H,7-8H2,1-2H3. The van der Waals surface area contributed by atoms with E-state index in [-0.39, 0.29) is 17.5 Å². The van der Waals surface area contributed by atoms with Gasteiger partial charge in [0, 0.05) is 12.1 Å². The summed E-state index contributed by atoms with van der Waals surface area (Å²) in [5.41, 5.74) is 0.683. The molecule has 0 aromatic heterocycles. The fraction of sp³-hybridized carbons (Fsp3) is 0.500. The number of likely N-dealkylation sites (N-methyl/N-ethyl adjacent to an activating group) is 1. The Morgan fingerprint density at radius 3 is 2.80 bits per heavy atom. The first-order valence-electron chi connectivity index (χ1n) is 5.18. The first-order chi connectivity index (χ1) is 7.02. The molecule has 2 nitrogen and oxygen atoms in total. The molecule has 0 aliphatic carbocycles. The van der Waals surface area contributed by atoms with Gasteiger partial charge in [0.1, 0.15) is 5.82 Å². The van der Waals surface area contributed by atoms with E-state index in [0.29, 0.717) is 13.0 Å². The van der Waals surface area contributed by atoms with Crippen molar-refractivity contribution in [3.63, 3.8) is 0 Å². The predicted molar refractivity (Wildman–Crippen MR) is 57.0 cm³/mol. The summed E-state index contributed by atoms with van der Waals surface area (Å²) in [4.78, 5) is 2.08. The summed E-state index contributed by atoms with van der Waals surface area (Å²) in [5, 5.41) is 9.63. The van der Waals surface area contributed by atoms with E-state index < -0.39 is 0 Å². The van der Waals surface area contributed by atoms with Gasteiger partial charge < -0.3 is 5.11 Å². The Balaban J connectivity index is 2.37. The molecule has 0 bridgehead atoms. The van der Waals surface area contributed by atoms with Crippen molar-refractivity contribution < 1.29 is 9.50 Å². The number of β-amino-alcohol motifs (C(OH)–C–C–N with tert-alkyl or cyclic N) is 1. The van der Waals surface area contributed by atoms with E-state index in [4.69, 9.17) is 0 Å². The molecule has 2 rings (SSSR count). The van der Waals surface area contributed by atoms with Crippen LogP contribution in [0.4, 0.5) is 4.39 Å². The first kappa shape index (κ1) is 10.6. The van der Waals surface area contributed by atoms with Crippen molar-refractivity contribution >= 4 is 0 Å². The number of aliphatic hydroxyl groups excluding tert-OH is 1. The molecule has 1 aliphatic rings. The molecule has 82 valence electrons. The number of nitrogens with zero attached hydrogens (tertiary/aromatic N) is 1. The molecule has 1 aliphatic heterocycles. The zero-order chi connectivity index (χ0) is 11.1. The van der Waals surface area contributed by atoms with Crippen molar-refractivity contribution in [1.82, 2.24) is 4.90 Å². The van der Waals surface area contributed by atoms with Crippen LogP contribution in [0.3, 0.4) is 0 Å². The first-order valence-corrected chi connectivity index (χ1v) is 5.18. The van der Waals surface area contributed by atoms with Crippen molar-refractivity contribution in [3.05, 3.63) is 35.6 Å². The Hall–Kier alpha value is -0.930. The van der Waals surface area contributed by atoms with E-state index in [9.17, 15) is 9.50 Å². The molecular weight excluding hydrogens is 193 g/mol. The number of likely N-dealkylation sites (tertiary alicyclic amines) is 1. The molecule has 15 heavy (non-hydrogen) atoms. The van der Waals surface area contributed by atoms with Crippen molar-refractivity contribution in [2.45, 2.75) is 25.0 Å². The Bertz CT molecular complexity index is 368. The lowest BCUT2D eigenvalue weighted by Crippen LogP contribution is -2.35. The fourth-order valence-corrected chi connectivity index (χ4v) is 2.36. The molecule has 1 fully saturated rings. The van der Waals surface area contributed by atoms with Gasteiger partial charge in [-0.25, -0.2) is 4.39 Å². The van der Waals surface area contributed by atoms with Gasteiger partial charge in [0.25, 0.3) is 0 Å². The van der Waals surface area contributed by atoms with Crippen LogP contribution in [-0.2, 0) is 5.54 Å². The quantitative estimate of drug-likeness (QED) is 0.761. The van der Waals surface area contributed by atoms with Gasteiger partial charge in [-0.3, -0.25) is 4.90 Å². The Morgan fingerprint density at radius 2 is 2.27 bits per heavy atom. The molecule has 0 radical (unpaired) electrons. The molecule has 1 aromatic rings. The van der Waals surface area contributed by atoms with Crippen LogP contribution in [0.15, 0.2) is 24.3 Å². The van der Waals surface area contributed by atoms with Crippen LogP contribution in [0.5, 0.6) is 0 Å². The molecule has 3 heteroatoms. The Morgan fingerprint density at radius 1 is 1.53 bits per heavy atom. The SMILES string of the molecule is CN1CC(O)CC1(C)c1cccc(F)c1. The largest absolute Gasteiger partial charge is 0.392 e. The topological polar surface area (TPSA) is 23.5 Å². The number of aliphatic hydroxyl groups is 1. The number of halogens is 1. The van der Waals surface area contributed by atoms with E-state index in [0.717, 1.165) is 5.56 Å². The van der Waals surface area contributed by atoms with E-state index in [1.54, 1.807) is 12.1 Å². The number of benzene rings is 1. The van der Waals surface area contributed by atoms with Crippen LogP contribution in [0, 0.1) is 5.82 Å². The predicted octanol–water partition coefficient (Wildman–Crippen LogP) is 1.74. The van der Waals surface area contributed by atoms with E-state index in [1.807, 2.05) is 20.0 Å². The van der Waals surface area contributed by atoms with Crippen LogP contribution in [0.25, 0.3) is 0 Å². The molecule has 1 saturated heterocycles. The average Bonchev–Trinajstić information content (AvgIpc) is 2.42. The van der Waals surface area contributed by atoms with Crippen molar-refractivity contribution in [2.24, 2.45) is 0 Å². The summed E-state index contributed by atoms with van der Waals surface area (Å²) in [5.74, 6) is -0.219. The lowest BCUT2D eigenvalue weighted by molar-refractivity contribution is 0.182. The molecular formula is C12H16FNO. The van der Waals surface area contributed by atoms with Gasteiger partial charge in [0.05, 0.1) is 6.10 Å². The molecule has 2 unspecified atom stereocenters. The molecule has 1 aromatic carbocycles. The highest BCUT2D eigenvalue weighted by Gasteiger charge is 2.40. The third kappa shape index (κ3) is 1.77. The normalized spacial score (nSPS) is 32.1. The summed E-state index contributed by atoms with van der Waals surface area (Å²) in [6.07, 6.45) is 0.343. The summed E-state index contributed by atoms with van der Waals surface area (Å²) < 4.78 is 13.1. The van der Waals surface area contributed by atoms with Crippen molar-refractivity contribution in [3.8, 4) is 0 Å². The lowest BCUT2D eigenvalue weighted by Gasteiger charge is -2.32. The lowest BCUT2D eigenvalue weighted by atomic mass is 9.89. The third-order valence-electron chi connectivity index (χ3n) is 3.41. The van der Waals surface area contributed by atoms with Gasteiger partial charge in [0.15, 0.2) is 0 Å². The third-order valence-corrected chi connectivity index (χ3v) is 3.41. The van der Waals surface area contributed by atoms with Crippen LogP contribution in [0.2, 0.25) is 0 Å². The zero-order valence-electron chi connectivity index (χ0n) is 9.07. The van der Waals surface area contributed by atoms with E-state index in [2.05, 4.69) is 4.90 Å².